The minimum absolute atomic E-state index is 0.401. The Morgan fingerprint density at radius 3 is 2.26 bits per heavy atom. The van der Waals surface area contributed by atoms with E-state index in [-0.39, 0.29) is 0 Å². The third-order valence-corrected chi connectivity index (χ3v) is 3.67. The topological polar surface area (TPSA) is 63.8 Å². The van der Waals surface area contributed by atoms with E-state index in [1.54, 1.807) is 0 Å². The van der Waals surface area contributed by atoms with E-state index in [1.807, 2.05) is 48.5 Å². The molecule has 1 heterocycles. The van der Waals surface area contributed by atoms with Crippen LogP contribution in [-0.4, -0.2) is 9.97 Å². The van der Waals surface area contributed by atoms with Gasteiger partial charge in [0, 0.05) is 3.57 Å². The van der Waals surface area contributed by atoms with Crippen molar-refractivity contribution < 1.29 is 0 Å². The van der Waals surface area contributed by atoms with Crippen molar-refractivity contribution in [2.24, 2.45) is 0 Å². The van der Waals surface area contributed by atoms with Crippen LogP contribution in [0.4, 0.5) is 17.3 Å². The van der Waals surface area contributed by atoms with Gasteiger partial charge in [0.05, 0.1) is 16.7 Å². The highest BCUT2D eigenvalue weighted by molar-refractivity contribution is 14.1. The van der Waals surface area contributed by atoms with Crippen molar-refractivity contribution in [3.8, 4) is 0 Å². The maximum atomic E-state index is 5.95. The molecular formula is C14H11IN4. The van der Waals surface area contributed by atoms with Crippen molar-refractivity contribution in [2.75, 3.05) is 11.1 Å². The molecular weight excluding hydrogens is 351 g/mol. The number of nitrogen functional groups attached to an aromatic ring is 1. The van der Waals surface area contributed by atoms with Gasteiger partial charge in [-0.15, -0.1) is 0 Å². The van der Waals surface area contributed by atoms with E-state index in [2.05, 4.69) is 37.9 Å². The monoisotopic (exact) mass is 362 g/mol. The molecule has 0 atom stereocenters. The van der Waals surface area contributed by atoms with Crippen LogP contribution >= 0.6 is 22.6 Å². The minimum Gasteiger partial charge on any atom is -0.381 e. The van der Waals surface area contributed by atoms with Gasteiger partial charge in [-0.3, -0.25) is 0 Å². The molecule has 0 unspecified atom stereocenters. The molecule has 5 heteroatoms. The summed E-state index contributed by atoms with van der Waals surface area (Å²) in [5, 5.41) is 3.23. The number of benzene rings is 2. The predicted octanol–water partition coefficient (Wildman–Crippen LogP) is 3.56. The molecule has 3 rings (SSSR count). The first-order valence-corrected chi connectivity index (χ1v) is 6.86. The first kappa shape index (κ1) is 12.2. The Bertz CT molecular complexity index is 742. The summed E-state index contributed by atoms with van der Waals surface area (Å²) in [6, 6.07) is 15.6. The van der Waals surface area contributed by atoms with E-state index in [9.17, 15) is 0 Å². The summed E-state index contributed by atoms with van der Waals surface area (Å²) in [5.74, 6) is 0.987. The Morgan fingerprint density at radius 2 is 1.53 bits per heavy atom. The average molecular weight is 362 g/mol. The second kappa shape index (κ2) is 5.00. The van der Waals surface area contributed by atoms with Gasteiger partial charge >= 0.3 is 0 Å². The highest BCUT2D eigenvalue weighted by atomic mass is 127. The Labute approximate surface area is 124 Å². The summed E-state index contributed by atoms with van der Waals surface area (Å²) in [7, 11) is 0. The molecule has 19 heavy (non-hydrogen) atoms. The summed E-state index contributed by atoms with van der Waals surface area (Å²) < 4.78 is 1.11. The minimum atomic E-state index is 0.401. The fourth-order valence-corrected chi connectivity index (χ4v) is 2.32. The lowest BCUT2D eigenvalue weighted by molar-refractivity contribution is 1.28. The van der Waals surface area contributed by atoms with Gasteiger partial charge in [-0.05, 0) is 46.9 Å². The Hall–Kier alpha value is -1.89. The zero-order valence-electron chi connectivity index (χ0n) is 9.97. The summed E-state index contributed by atoms with van der Waals surface area (Å²) in [6.07, 6.45) is 0. The molecule has 1 aromatic heterocycles. The van der Waals surface area contributed by atoms with Crippen molar-refractivity contribution in [1.29, 1.82) is 0 Å². The number of rotatable bonds is 2. The van der Waals surface area contributed by atoms with E-state index >= 15 is 0 Å². The smallest absolute Gasteiger partial charge is 0.174 e. The number of hydrogen-bond acceptors (Lipinski definition) is 4. The Kier molecular flexibility index (Phi) is 3.20. The SMILES string of the molecule is Nc1nc2ccccc2nc1Nc1ccccc1I. The predicted molar refractivity (Wildman–Crippen MR) is 86.4 cm³/mol. The molecule has 3 N–H and O–H groups in total. The molecule has 0 radical (unpaired) electrons. The van der Waals surface area contributed by atoms with Crippen LogP contribution in [0.15, 0.2) is 48.5 Å². The number of anilines is 3. The van der Waals surface area contributed by atoms with Crippen LogP contribution in [0.25, 0.3) is 11.0 Å². The molecule has 0 aliphatic carbocycles. The lowest BCUT2D eigenvalue weighted by atomic mass is 10.3. The van der Waals surface area contributed by atoms with Crippen molar-refractivity contribution in [1.82, 2.24) is 9.97 Å². The third kappa shape index (κ3) is 2.46. The molecule has 94 valence electrons. The normalized spacial score (nSPS) is 10.6. The van der Waals surface area contributed by atoms with E-state index in [1.165, 1.54) is 0 Å². The standard InChI is InChI=1S/C14H11IN4/c15-9-5-1-2-6-10(9)18-14-13(16)17-11-7-3-4-8-12(11)19-14/h1-8H,(H2,16,17)(H,18,19). The Morgan fingerprint density at radius 1 is 0.895 bits per heavy atom. The van der Waals surface area contributed by atoms with Crippen molar-refractivity contribution >= 4 is 50.9 Å². The molecule has 4 nitrogen and oxygen atoms in total. The molecule has 2 aromatic carbocycles. The number of aromatic nitrogens is 2. The van der Waals surface area contributed by atoms with Crippen LogP contribution in [0.2, 0.25) is 0 Å². The second-order valence-electron chi connectivity index (χ2n) is 4.05. The summed E-state index contributed by atoms with van der Waals surface area (Å²) in [4.78, 5) is 8.86. The van der Waals surface area contributed by atoms with Gasteiger partial charge in [-0.1, -0.05) is 24.3 Å². The second-order valence-corrected chi connectivity index (χ2v) is 5.21. The van der Waals surface area contributed by atoms with E-state index in [4.69, 9.17) is 5.73 Å². The molecule has 3 aromatic rings. The van der Waals surface area contributed by atoms with Crippen LogP contribution in [0.3, 0.4) is 0 Å². The molecule has 0 bridgehead atoms. The van der Waals surface area contributed by atoms with E-state index in [0.717, 1.165) is 20.3 Å². The average Bonchev–Trinajstić information content (AvgIpc) is 2.42. The number of nitrogens with two attached hydrogens (primary N) is 1. The molecule has 0 aliphatic rings. The molecule has 0 saturated heterocycles. The maximum absolute atomic E-state index is 5.95. The highest BCUT2D eigenvalue weighted by Crippen LogP contribution is 2.25. The summed E-state index contributed by atoms with van der Waals surface area (Å²) in [5.41, 5.74) is 8.54. The first-order chi connectivity index (χ1) is 9.24. The van der Waals surface area contributed by atoms with Crippen LogP contribution in [-0.2, 0) is 0 Å². The van der Waals surface area contributed by atoms with Crippen LogP contribution < -0.4 is 11.1 Å². The molecule has 0 fully saturated rings. The number of hydrogen-bond donors (Lipinski definition) is 2. The van der Waals surface area contributed by atoms with Crippen LogP contribution in [0, 0.1) is 3.57 Å². The van der Waals surface area contributed by atoms with Gasteiger partial charge in [0.15, 0.2) is 11.6 Å². The van der Waals surface area contributed by atoms with Crippen LogP contribution in [0.5, 0.6) is 0 Å². The van der Waals surface area contributed by atoms with Gasteiger partial charge in [0.2, 0.25) is 0 Å². The molecule has 0 saturated carbocycles. The highest BCUT2D eigenvalue weighted by Gasteiger charge is 2.07. The quantitative estimate of drug-likeness (QED) is 0.685. The molecule has 0 amide bonds. The maximum Gasteiger partial charge on any atom is 0.174 e. The lowest BCUT2D eigenvalue weighted by Crippen LogP contribution is -2.03. The number of halogens is 1. The van der Waals surface area contributed by atoms with Gasteiger partial charge in [-0.2, -0.15) is 0 Å². The summed E-state index contributed by atoms with van der Waals surface area (Å²) >= 11 is 2.27. The van der Waals surface area contributed by atoms with Crippen molar-refractivity contribution in [3.05, 3.63) is 52.1 Å². The lowest BCUT2D eigenvalue weighted by Gasteiger charge is -2.10. The van der Waals surface area contributed by atoms with Crippen LogP contribution in [0.1, 0.15) is 0 Å². The van der Waals surface area contributed by atoms with Gasteiger partial charge in [-0.25, -0.2) is 9.97 Å². The third-order valence-electron chi connectivity index (χ3n) is 2.72. The van der Waals surface area contributed by atoms with Gasteiger partial charge in [0.25, 0.3) is 0 Å². The zero-order chi connectivity index (χ0) is 13.2. The number of nitrogens with one attached hydrogen (secondary N) is 1. The zero-order valence-corrected chi connectivity index (χ0v) is 12.1. The fraction of sp³-hybridized carbons (Fsp3) is 0. The molecule has 0 aliphatic heterocycles. The largest absolute Gasteiger partial charge is 0.381 e. The summed E-state index contributed by atoms with van der Waals surface area (Å²) in [6.45, 7) is 0. The number of nitrogens with zero attached hydrogens (tertiary/aromatic N) is 2. The van der Waals surface area contributed by atoms with Crippen molar-refractivity contribution in [3.63, 3.8) is 0 Å². The number of para-hydroxylation sites is 3. The fourth-order valence-electron chi connectivity index (χ4n) is 1.80. The van der Waals surface area contributed by atoms with E-state index < -0.39 is 0 Å². The molecule has 0 spiro atoms. The Balaban J connectivity index is 2.06. The number of fused-ring (bicyclic) bond motifs is 1. The van der Waals surface area contributed by atoms with Gasteiger partial charge in [0.1, 0.15) is 0 Å². The van der Waals surface area contributed by atoms with Crippen molar-refractivity contribution in [2.45, 2.75) is 0 Å². The first-order valence-electron chi connectivity index (χ1n) is 5.78. The van der Waals surface area contributed by atoms with E-state index in [0.29, 0.717) is 11.6 Å². The van der Waals surface area contributed by atoms with Gasteiger partial charge < -0.3 is 11.1 Å².